The molecule has 6 heteroatoms. The lowest BCUT2D eigenvalue weighted by molar-refractivity contribution is 0.198. The van der Waals surface area contributed by atoms with Gasteiger partial charge in [-0.05, 0) is 31.4 Å². The monoisotopic (exact) mass is 381 g/mol. The Labute approximate surface area is 168 Å². The van der Waals surface area contributed by atoms with Crippen molar-refractivity contribution in [3.8, 4) is 5.88 Å². The minimum absolute atomic E-state index is 0.443. The summed E-state index contributed by atoms with van der Waals surface area (Å²) in [5.74, 6) is 1.51. The number of ether oxygens (including phenoxy) is 1. The molecule has 0 amide bonds. The van der Waals surface area contributed by atoms with Crippen LogP contribution in [-0.4, -0.2) is 48.6 Å². The first kappa shape index (κ1) is 20.1. The smallest absolute Gasteiger partial charge is 0.218 e. The minimum Gasteiger partial charge on any atom is -0.478 e. The molecule has 2 N–H and O–H groups in total. The molecule has 1 aliphatic rings. The Hall–Kier alpha value is -2.60. The Kier molecular flexibility index (Phi) is 7.67. The van der Waals surface area contributed by atoms with E-state index in [1.807, 2.05) is 26.1 Å². The van der Waals surface area contributed by atoms with Gasteiger partial charge < -0.3 is 15.4 Å². The van der Waals surface area contributed by atoms with Crippen molar-refractivity contribution in [2.45, 2.75) is 38.9 Å². The van der Waals surface area contributed by atoms with Gasteiger partial charge in [0.05, 0.1) is 6.61 Å². The zero-order valence-electron chi connectivity index (χ0n) is 16.9. The fourth-order valence-electron chi connectivity index (χ4n) is 3.47. The third-order valence-electron chi connectivity index (χ3n) is 4.98. The van der Waals surface area contributed by atoms with Crippen molar-refractivity contribution in [2.75, 3.05) is 26.7 Å². The van der Waals surface area contributed by atoms with Crippen molar-refractivity contribution < 1.29 is 4.74 Å². The summed E-state index contributed by atoms with van der Waals surface area (Å²) in [4.78, 5) is 11.2. The number of aromatic nitrogens is 1. The molecular formula is C22H31N5O. The van der Waals surface area contributed by atoms with Crippen molar-refractivity contribution >= 4 is 5.96 Å². The van der Waals surface area contributed by atoms with E-state index < -0.39 is 0 Å². The van der Waals surface area contributed by atoms with Crippen LogP contribution in [0.5, 0.6) is 5.88 Å². The Morgan fingerprint density at radius 3 is 2.68 bits per heavy atom. The van der Waals surface area contributed by atoms with Crippen molar-refractivity contribution in [1.82, 2.24) is 20.5 Å². The molecule has 28 heavy (non-hydrogen) atoms. The van der Waals surface area contributed by atoms with Gasteiger partial charge in [0, 0.05) is 51.0 Å². The van der Waals surface area contributed by atoms with Gasteiger partial charge in [-0.25, -0.2) is 4.98 Å². The average Bonchev–Trinajstić information content (AvgIpc) is 2.74. The summed E-state index contributed by atoms with van der Waals surface area (Å²) >= 11 is 0. The van der Waals surface area contributed by atoms with Crippen LogP contribution in [0.3, 0.4) is 0 Å². The summed E-state index contributed by atoms with van der Waals surface area (Å²) in [6.45, 7) is 6.44. The number of benzene rings is 1. The quantitative estimate of drug-likeness (QED) is 0.570. The van der Waals surface area contributed by atoms with E-state index in [1.165, 1.54) is 5.56 Å². The van der Waals surface area contributed by atoms with Crippen LogP contribution in [0.2, 0.25) is 0 Å². The number of guanidine groups is 1. The second-order valence-corrected chi connectivity index (χ2v) is 7.01. The van der Waals surface area contributed by atoms with Crippen molar-refractivity contribution in [3.05, 3.63) is 59.8 Å². The van der Waals surface area contributed by atoms with Crippen LogP contribution in [0, 0.1) is 0 Å². The first-order valence-electron chi connectivity index (χ1n) is 10.1. The van der Waals surface area contributed by atoms with E-state index in [1.54, 1.807) is 6.20 Å². The molecule has 2 heterocycles. The summed E-state index contributed by atoms with van der Waals surface area (Å²) in [6, 6.07) is 15.1. The van der Waals surface area contributed by atoms with Crippen LogP contribution >= 0.6 is 0 Å². The van der Waals surface area contributed by atoms with Crippen molar-refractivity contribution in [2.24, 2.45) is 4.99 Å². The molecule has 150 valence electrons. The predicted molar refractivity (Wildman–Crippen MR) is 113 cm³/mol. The fourth-order valence-corrected chi connectivity index (χ4v) is 3.47. The van der Waals surface area contributed by atoms with E-state index in [-0.39, 0.29) is 0 Å². The maximum atomic E-state index is 5.60. The molecule has 6 nitrogen and oxygen atoms in total. The maximum absolute atomic E-state index is 5.60. The minimum atomic E-state index is 0.443. The molecule has 2 aromatic rings. The van der Waals surface area contributed by atoms with E-state index in [9.17, 15) is 0 Å². The van der Waals surface area contributed by atoms with E-state index in [0.29, 0.717) is 25.1 Å². The molecule has 0 radical (unpaired) electrons. The van der Waals surface area contributed by atoms with Crippen LogP contribution in [-0.2, 0) is 13.1 Å². The van der Waals surface area contributed by atoms with Crippen molar-refractivity contribution in [1.29, 1.82) is 0 Å². The molecule has 1 saturated heterocycles. The topological polar surface area (TPSA) is 61.8 Å². The van der Waals surface area contributed by atoms with Crippen LogP contribution in [0.15, 0.2) is 53.7 Å². The summed E-state index contributed by atoms with van der Waals surface area (Å²) in [7, 11) is 1.81. The summed E-state index contributed by atoms with van der Waals surface area (Å²) in [5.41, 5.74) is 2.41. The Balaban J connectivity index is 1.44. The Morgan fingerprint density at radius 2 is 1.96 bits per heavy atom. The molecule has 0 bridgehead atoms. The lowest BCUT2D eigenvalue weighted by Gasteiger charge is -2.33. The molecule has 1 aliphatic heterocycles. The number of hydrogen-bond acceptors (Lipinski definition) is 4. The highest BCUT2D eigenvalue weighted by molar-refractivity contribution is 5.80. The van der Waals surface area contributed by atoms with E-state index >= 15 is 0 Å². The normalized spacial score (nSPS) is 16.0. The summed E-state index contributed by atoms with van der Waals surface area (Å²) in [6.07, 6.45) is 3.99. The second-order valence-electron chi connectivity index (χ2n) is 7.01. The van der Waals surface area contributed by atoms with E-state index in [4.69, 9.17) is 4.74 Å². The highest BCUT2D eigenvalue weighted by atomic mass is 16.5. The molecule has 0 aliphatic carbocycles. The number of hydrogen-bond donors (Lipinski definition) is 2. The van der Waals surface area contributed by atoms with Crippen LogP contribution < -0.4 is 15.4 Å². The summed E-state index contributed by atoms with van der Waals surface area (Å²) < 4.78 is 5.60. The lowest BCUT2D eigenvalue weighted by Crippen LogP contribution is -2.48. The highest BCUT2D eigenvalue weighted by Gasteiger charge is 2.20. The second kappa shape index (κ2) is 10.7. The average molecular weight is 382 g/mol. The number of likely N-dealkylation sites (tertiary alicyclic amines) is 1. The number of nitrogens with zero attached hydrogens (tertiary/aromatic N) is 3. The number of rotatable bonds is 7. The molecule has 1 fully saturated rings. The number of pyridine rings is 1. The third kappa shape index (κ3) is 5.96. The number of piperidine rings is 1. The van der Waals surface area contributed by atoms with Gasteiger partial charge in [0.1, 0.15) is 0 Å². The molecule has 0 atom stereocenters. The highest BCUT2D eigenvalue weighted by Crippen LogP contribution is 2.15. The molecular weight excluding hydrogens is 350 g/mol. The maximum Gasteiger partial charge on any atom is 0.218 e. The van der Waals surface area contributed by atoms with Gasteiger partial charge in [-0.1, -0.05) is 36.4 Å². The number of nitrogens with one attached hydrogen (secondary N) is 2. The Bertz CT molecular complexity index is 742. The van der Waals surface area contributed by atoms with Crippen molar-refractivity contribution in [3.63, 3.8) is 0 Å². The van der Waals surface area contributed by atoms with Gasteiger partial charge in [-0.3, -0.25) is 9.89 Å². The van der Waals surface area contributed by atoms with Gasteiger partial charge in [-0.2, -0.15) is 0 Å². The SMILES string of the molecule is CCOc1ncccc1CNC(=NC)NC1CCN(Cc2ccccc2)CC1. The third-order valence-corrected chi connectivity index (χ3v) is 4.98. The fraction of sp³-hybridized carbons (Fsp3) is 0.455. The standard InChI is InChI=1S/C22H31N5O/c1-3-28-21-19(10-7-13-24-21)16-25-22(23-2)26-20-11-14-27(15-12-20)17-18-8-5-4-6-9-18/h4-10,13,20H,3,11-12,14-17H2,1-2H3,(H2,23,25,26). The molecule has 0 saturated carbocycles. The van der Waals surface area contributed by atoms with Gasteiger partial charge >= 0.3 is 0 Å². The van der Waals surface area contributed by atoms with Gasteiger partial charge in [0.25, 0.3) is 0 Å². The Morgan fingerprint density at radius 1 is 1.18 bits per heavy atom. The van der Waals surface area contributed by atoms with Crippen LogP contribution in [0.1, 0.15) is 30.9 Å². The van der Waals surface area contributed by atoms with Gasteiger partial charge in [-0.15, -0.1) is 0 Å². The van der Waals surface area contributed by atoms with Gasteiger partial charge in [0.2, 0.25) is 5.88 Å². The first-order chi connectivity index (χ1) is 13.8. The molecule has 0 spiro atoms. The molecule has 3 rings (SSSR count). The molecule has 1 aromatic carbocycles. The molecule has 0 unspecified atom stereocenters. The predicted octanol–water partition coefficient (Wildman–Crippen LogP) is 2.81. The largest absolute Gasteiger partial charge is 0.478 e. The van der Waals surface area contributed by atoms with E-state index in [0.717, 1.165) is 44.0 Å². The van der Waals surface area contributed by atoms with Gasteiger partial charge in [0.15, 0.2) is 5.96 Å². The lowest BCUT2D eigenvalue weighted by atomic mass is 10.0. The molecule has 1 aromatic heterocycles. The van der Waals surface area contributed by atoms with Crippen LogP contribution in [0.4, 0.5) is 0 Å². The van der Waals surface area contributed by atoms with Crippen LogP contribution in [0.25, 0.3) is 0 Å². The zero-order valence-corrected chi connectivity index (χ0v) is 16.9. The zero-order chi connectivity index (χ0) is 19.6. The first-order valence-corrected chi connectivity index (χ1v) is 10.1. The van der Waals surface area contributed by atoms with E-state index in [2.05, 4.69) is 55.8 Å². The number of aliphatic imine (C=N–C) groups is 1. The summed E-state index contributed by atoms with van der Waals surface area (Å²) in [5, 5.41) is 6.95.